The van der Waals surface area contributed by atoms with Crippen LogP contribution in [-0.4, -0.2) is 38.9 Å². The summed E-state index contributed by atoms with van der Waals surface area (Å²) >= 11 is 0. The van der Waals surface area contributed by atoms with Gasteiger partial charge in [0.2, 0.25) is 0 Å². The number of carbonyl (C=O) groups is 1. The number of aliphatic hydroxyl groups excluding tert-OH is 1. The smallest absolute Gasteiger partial charge is 0.323 e. The average Bonchev–Trinajstić information content (AvgIpc) is 3.41. The molecule has 1 saturated carbocycles. The Bertz CT molecular complexity index is 632. The van der Waals surface area contributed by atoms with E-state index < -0.39 is 0 Å². The zero-order chi connectivity index (χ0) is 16.1. The lowest BCUT2D eigenvalue weighted by molar-refractivity contribution is 0.124. The van der Waals surface area contributed by atoms with Crippen LogP contribution in [-0.2, 0) is 6.54 Å². The van der Waals surface area contributed by atoms with Crippen molar-refractivity contribution < 1.29 is 9.90 Å². The summed E-state index contributed by atoms with van der Waals surface area (Å²) in [7, 11) is 0. The van der Waals surface area contributed by atoms with E-state index in [0.29, 0.717) is 18.3 Å². The Balaban J connectivity index is 1.77. The van der Waals surface area contributed by atoms with E-state index in [2.05, 4.69) is 15.5 Å². The second kappa shape index (κ2) is 7.19. The molecule has 0 aliphatic heterocycles. The third kappa shape index (κ3) is 4.04. The molecule has 2 aromatic rings. The standard InChI is InChI=1S/C17H20N4O2/c22-12-15(14-8-9-14)21(11-13-5-2-1-3-6-13)17(23)19-16-7-4-10-18-20-16/h1-7,10,14-15,22H,8-9,11-12H2,(H,19,20,23). The fourth-order valence-corrected chi connectivity index (χ4v) is 2.65. The van der Waals surface area contributed by atoms with Gasteiger partial charge < -0.3 is 10.0 Å². The molecule has 1 aliphatic rings. The Morgan fingerprint density at radius 3 is 2.65 bits per heavy atom. The minimum Gasteiger partial charge on any atom is -0.394 e. The molecule has 0 radical (unpaired) electrons. The van der Waals surface area contributed by atoms with Crippen molar-refractivity contribution in [1.82, 2.24) is 15.1 Å². The number of aliphatic hydroxyl groups is 1. The summed E-state index contributed by atoms with van der Waals surface area (Å²) in [6, 6.07) is 12.8. The van der Waals surface area contributed by atoms with Crippen molar-refractivity contribution in [2.45, 2.75) is 25.4 Å². The fourth-order valence-electron chi connectivity index (χ4n) is 2.65. The zero-order valence-electron chi connectivity index (χ0n) is 12.8. The largest absolute Gasteiger partial charge is 0.394 e. The number of anilines is 1. The number of amides is 2. The molecule has 0 spiro atoms. The molecule has 1 aromatic carbocycles. The summed E-state index contributed by atoms with van der Waals surface area (Å²) in [6.45, 7) is 0.417. The van der Waals surface area contributed by atoms with Crippen molar-refractivity contribution in [3.63, 3.8) is 0 Å². The maximum Gasteiger partial charge on any atom is 0.323 e. The van der Waals surface area contributed by atoms with Gasteiger partial charge in [-0.25, -0.2) is 4.79 Å². The summed E-state index contributed by atoms with van der Waals surface area (Å²) < 4.78 is 0. The number of carbonyl (C=O) groups excluding carboxylic acids is 1. The summed E-state index contributed by atoms with van der Waals surface area (Å²) in [5.41, 5.74) is 1.03. The number of urea groups is 1. The van der Waals surface area contributed by atoms with Gasteiger partial charge in [-0.1, -0.05) is 30.3 Å². The predicted octanol–water partition coefficient (Wildman–Crippen LogP) is 2.28. The maximum atomic E-state index is 12.7. The first kappa shape index (κ1) is 15.4. The van der Waals surface area contributed by atoms with Crippen LogP contribution >= 0.6 is 0 Å². The molecule has 0 bridgehead atoms. The Labute approximate surface area is 135 Å². The lowest BCUT2D eigenvalue weighted by Gasteiger charge is -2.30. The third-order valence-electron chi connectivity index (χ3n) is 4.02. The number of nitrogens with zero attached hydrogens (tertiary/aromatic N) is 3. The van der Waals surface area contributed by atoms with E-state index in [9.17, 15) is 9.90 Å². The van der Waals surface area contributed by atoms with Gasteiger partial charge in [0.25, 0.3) is 0 Å². The third-order valence-corrected chi connectivity index (χ3v) is 4.02. The molecule has 0 saturated heterocycles. The van der Waals surface area contributed by atoms with E-state index in [1.807, 2.05) is 30.3 Å². The maximum absolute atomic E-state index is 12.7. The lowest BCUT2D eigenvalue weighted by atomic mass is 10.1. The molecule has 6 nitrogen and oxygen atoms in total. The number of hydrogen-bond acceptors (Lipinski definition) is 4. The molecule has 1 fully saturated rings. The molecule has 3 rings (SSSR count). The average molecular weight is 312 g/mol. The molecule has 2 N–H and O–H groups in total. The zero-order valence-corrected chi connectivity index (χ0v) is 12.8. The van der Waals surface area contributed by atoms with Crippen molar-refractivity contribution in [3.8, 4) is 0 Å². The van der Waals surface area contributed by atoms with E-state index in [1.165, 1.54) is 0 Å². The molecule has 6 heteroatoms. The first-order valence-electron chi connectivity index (χ1n) is 7.78. The van der Waals surface area contributed by atoms with E-state index in [4.69, 9.17) is 0 Å². The monoisotopic (exact) mass is 312 g/mol. The van der Waals surface area contributed by atoms with Crippen LogP contribution in [0.1, 0.15) is 18.4 Å². The second-order valence-electron chi connectivity index (χ2n) is 5.74. The van der Waals surface area contributed by atoms with Crippen LogP contribution < -0.4 is 5.32 Å². The second-order valence-corrected chi connectivity index (χ2v) is 5.74. The first-order chi connectivity index (χ1) is 11.3. The van der Waals surface area contributed by atoms with E-state index in [0.717, 1.165) is 18.4 Å². The summed E-state index contributed by atoms with van der Waals surface area (Å²) in [5.74, 6) is 0.777. The molecule has 1 atom stereocenters. The van der Waals surface area contributed by atoms with Crippen LogP contribution in [0.15, 0.2) is 48.7 Å². The van der Waals surface area contributed by atoms with Crippen molar-refractivity contribution in [3.05, 3.63) is 54.2 Å². The molecular formula is C17H20N4O2. The normalized spacial score (nSPS) is 15.0. The van der Waals surface area contributed by atoms with Gasteiger partial charge >= 0.3 is 6.03 Å². The topological polar surface area (TPSA) is 78.4 Å². The molecule has 1 unspecified atom stereocenters. The summed E-state index contributed by atoms with van der Waals surface area (Å²) in [6.07, 6.45) is 3.65. The van der Waals surface area contributed by atoms with Crippen LogP contribution in [0, 0.1) is 5.92 Å². The highest BCUT2D eigenvalue weighted by Crippen LogP contribution is 2.36. The quantitative estimate of drug-likeness (QED) is 0.858. The van der Waals surface area contributed by atoms with Crippen molar-refractivity contribution >= 4 is 11.8 Å². The minimum atomic E-state index is -0.264. The Kier molecular flexibility index (Phi) is 4.83. The Hall–Kier alpha value is -2.47. The van der Waals surface area contributed by atoms with Gasteiger partial charge in [0.05, 0.1) is 12.6 Å². The highest BCUT2D eigenvalue weighted by molar-refractivity contribution is 5.88. The van der Waals surface area contributed by atoms with Crippen molar-refractivity contribution in [2.24, 2.45) is 5.92 Å². The Morgan fingerprint density at radius 1 is 1.26 bits per heavy atom. The van der Waals surface area contributed by atoms with Gasteiger partial charge in [-0.05, 0) is 36.5 Å². The van der Waals surface area contributed by atoms with Crippen LogP contribution in [0.4, 0.5) is 10.6 Å². The van der Waals surface area contributed by atoms with Crippen LogP contribution in [0.3, 0.4) is 0 Å². The van der Waals surface area contributed by atoms with Crippen molar-refractivity contribution in [1.29, 1.82) is 0 Å². The first-order valence-corrected chi connectivity index (χ1v) is 7.78. The van der Waals surface area contributed by atoms with Gasteiger partial charge in [-0.2, -0.15) is 5.10 Å². The number of rotatable bonds is 6. The summed E-state index contributed by atoms with van der Waals surface area (Å²) in [4.78, 5) is 14.4. The molecule has 120 valence electrons. The van der Waals surface area contributed by atoms with Gasteiger partial charge in [0.1, 0.15) is 0 Å². The number of nitrogens with one attached hydrogen (secondary N) is 1. The minimum absolute atomic E-state index is 0.0363. The van der Waals surface area contributed by atoms with Crippen LogP contribution in [0.25, 0.3) is 0 Å². The predicted molar refractivity (Wildman–Crippen MR) is 86.6 cm³/mol. The summed E-state index contributed by atoms with van der Waals surface area (Å²) in [5, 5.41) is 20.2. The van der Waals surface area contributed by atoms with Gasteiger partial charge in [0.15, 0.2) is 5.82 Å². The highest BCUT2D eigenvalue weighted by atomic mass is 16.3. The highest BCUT2D eigenvalue weighted by Gasteiger charge is 2.37. The lowest BCUT2D eigenvalue weighted by Crippen LogP contribution is -2.45. The molecule has 1 aliphatic carbocycles. The van der Waals surface area contributed by atoms with Crippen LogP contribution in [0.2, 0.25) is 0 Å². The SMILES string of the molecule is O=C(Nc1cccnn1)N(Cc1ccccc1)C(CO)C1CC1. The number of aromatic nitrogens is 2. The van der Waals surface area contributed by atoms with E-state index >= 15 is 0 Å². The molecule has 23 heavy (non-hydrogen) atoms. The molecule has 1 aromatic heterocycles. The molecular weight excluding hydrogens is 292 g/mol. The van der Waals surface area contributed by atoms with Crippen molar-refractivity contribution in [2.75, 3.05) is 11.9 Å². The number of benzene rings is 1. The van der Waals surface area contributed by atoms with Gasteiger partial charge in [0, 0.05) is 12.7 Å². The number of hydrogen-bond donors (Lipinski definition) is 2. The van der Waals surface area contributed by atoms with Gasteiger partial charge in [-0.15, -0.1) is 5.10 Å². The fraction of sp³-hybridized carbons (Fsp3) is 0.353. The van der Waals surface area contributed by atoms with Gasteiger partial charge in [-0.3, -0.25) is 5.32 Å². The molecule has 1 heterocycles. The van der Waals surface area contributed by atoms with E-state index in [1.54, 1.807) is 23.2 Å². The Morgan fingerprint density at radius 2 is 2.04 bits per heavy atom. The van der Waals surface area contributed by atoms with E-state index in [-0.39, 0.29) is 18.7 Å². The molecule has 2 amide bonds. The van der Waals surface area contributed by atoms with Crippen LogP contribution in [0.5, 0.6) is 0 Å².